The van der Waals surface area contributed by atoms with Gasteiger partial charge < -0.3 is 4.90 Å². The van der Waals surface area contributed by atoms with Crippen molar-refractivity contribution in [3.8, 4) is 0 Å². The highest BCUT2D eigenvalue weighted by molar-refractivity contribution is 6.31. The van der Waals surface area contributed by atoms with Crippen LogP contribution in [0, 0.1) is 5.41 Å². The van der Waals surface area contributed by atoms with Crippen LogP contribution in [0.25, 0.3) is 0 Å². The predicted octanol–water partition coefficient (Wildman–Crippen LogP) is 5.32. The minimum absolute atomic E-state index is 0.0600. The first-order chi connectivity index (χ1) is 13.5. The van der Waals surface area contributed by atoms with E-state index in [1.807, 2.05) is 31.2 Å². The topological polar surface area (TPSA) is 35.9 Å². The van der Waals surface area contributed by atoms with Gasteiger partial charge in [0.25, 0.3) is 5.91 Å². The second kappa shape index (κ2) is 6.50. The van der Waals surface area contributed by atoms with Gasteiger partial charge in [0.15, 0.2) is 0 Å². The van der Waals surface area contributed by atoms with Crippen molar-refractivity contribution in [2.24, 2.45) is 10.5 Å². The minimum Gasteiger partial charge on any atom is -0.367 e. The molecule has 3 aliphatic heterocycles. The maximum absolute atomic E-state index is 13.8. The van der Waals surface area contributed by atoms with Crippen LogP contribution in [0.2, 0.25) is 10.0 Å². The van der Waals surface area contributed by atoms with Crippen molar-refractivity contribution < 1.29 is 4.79 Å². The molecule has 0 unspecified atom stereocenters. The number of hydrazone groups is 1. The fraction of sp³-hybridized carbons (Fsp3) is 0.364. The van der Waals surface area contributed by atoms with E-state index in [4.69, 9.17) is 28.3 Å². The van der Waals surface area contributed by atoms with Crippen LogP contribution in [-0.2, 0) is 11.2 Å². The predicted molar refractivity (Wildman–Crippen MR) is 115 cm³/mol. The molecule has 0 bridgehead atoms. The van der Waals surface area contributed by atoms with Crippen molar-refractivity contribution in [2.75, 3.05) is 16.5 Å². The summed E-state index contributed by atoms with van der Waals surface area (Å²) < 4.78 is 0. The maximum Gasteiger partial charge on any atom is 0.261 e. The molecule has 4 nitrogen and oxygen atoms in total. The summed E-state index contributed by atoms with van der Waals surface area (Å²) in [5, 5.41) is 7.69. The highest BCUT2D eigenvalue weighted by atomic mass is 35.5. The summed E-state index contributed by atoms with van der Waals surface area (Å²) in [5.41, 5.74) is 3.37. The molecule has 1 amide bonds. The normalized spacial score (nSPS) is 26.3. The van der Waals surface area contributed by atoms with E-state index >= 15 is 0 Å². The van der Waals surface area contributed by atoms with E-state index in [9.17, 15) is 4.79 Å². The van der Waals surface area contributed by atoms with Crippen LogP contribution >= 0.6 is 23.2 Å². The summed E-state index contributed by atoms with van der Waals surface area (Å²) in [6, 6.07) is 13.4. The lowest BCUT2D eigenvalue weighted by molar-refractivity contribution is -0.125. The molecule has 0 aliphatic carbocycles. The number of nitrogens with zero attached hydrogens (tertiary/aromatic N) is 3. The summed E-state index contributed by atoms with van der Waals surface area (Å²) in [5.74, 6) is 0.0600. The third-order valence-corrected chi connectivity index (χ3v) is 6.93. The van der Waals surface area contributed by atoms with Gasteiger partial charge in [0.2, 0.25) is 0 Å². The molecule has 144 valence electrons. The zero-order valence-electron chi connectivity index (χ0n) is 15.7. The van der Waals surface area contributed by atoms with Crippen molar-refractivity contribution in [3.05, 3.63) is 58.1 Å². The lowest BCUT2D eigenvalue weighted by Crippen LogP contribution is -2.61. The fourth-order valence-corrected chi connectivity index (χ4v) is 5.37. The van der Waals surface area contributed by atoms with Gasteiger partial charge in [0, 0.05) is 28.3 Å². The Morgan fingerprint density at radius 2 is 1.82 bits per heavy atom. The number of anilines is 2. The van der Waals surface area contributed by atoms with Crippen molar-refractivity contribution in [2.45, 2.75) is 38.6 Å². The number of hydrogen-bond donors (Lipinski definition) is 0. The van der Waals surface area contributed by atoms with Crippen LogP contribution in [0.5, 0.6) is 0 Å². The molecule has 28 heavy (non-hydrogen) atoms. The molecular weight excluding hydrogens is 393 g/mol. The molecule has 2 atom stereocenters. The lowest BCUT2D eigenvalue weighted by Gasteiger charge is -2.51. The number of halogens is 2. The van der Waals surface area contributed by atoms with Gasteiger partial charge in [-0.05, 0) is 74.6 Å². The van der Waals surface area contributed by atoms with E-state index in [2.05, 4.69) is 11.0 Å². The average molecular weight is 414 g/mol. The highest BCUT2D eigenvalue weighted by Crippen LogP contribution is 2.50. The molecule has 3 aliphatic rings. The van der Waals surface area contributed by atoms with Gasteiger partial charge >= 0.3 is 0 Å². The van der Waals surface area contributed by atoms with Gasteiger partial charge in [-0.1, -0.05) is 29.3 Å². The zero-order chi connectivity index (χ0) is 19.5. The average Bonchev–Trinajstić information content (AvgIpc) is 2.95. The van der Waals surface area contributed by atoms with E-state index in [-0.39, 0.29) is 11.9 Å². The molecule has 2 aromatic rings. The summed E-state index contributed by atoms with van der Waals surface area (Å²) in [4.78, 5) is 16.2. The quantitative estimate of drug-likeness (QED) is 0.634. The number of benzene rings is 2. The Morgan fingerprint density at radius 1 is 1.07 bits per heavy atom. The van der Waals surface area contributed by atoms with Crippen molar-refractivity contribution in [1.82, 2.24) is 0 Å². The second-order valence-electron chi connectivity index (χ2n) is 7.90. The van der Waals surface area contributed by atoms with Crippen molar-refractivity contribution in [1.29, 1.82) is 0 Å². The Morgan fingerprint density at radius 3 is 2.61 bits per heavy atom. The number of amides is 1. The van der Waals surface area contributed by atoms with Crippen molar-refractivity contribution >= 4 is 46.2 Å². The monoisotopic (exact) mass is 413 g/mol. The summed E-state index contributed by atoms with van der Waals surface area (Å²) in [7, 11) is 0. The first-order valence-electron chi connectivity index (χ1n) is 9.71. The molecule has 1 fully saturated rings. The highest BCUT2D eigenvalue weighted by Gasteiger charge is 2.59. The first-order valence-corrected chi connectivity index (χ1v) is 10.5. The van der Waals surface area contributed by atoms with E-state index in [0.717, 1.165) is 42.2 Å². The van der Waals surface area contributed by atoms with Gasteiger partial charge in [0.05, 0.1) is 11.4 Å². The molecular formula is C22H21Cl2N3O. The maximum atomic E-state index is 13.8. The Balaban J connectivity index is 1.62. The molecule has 5 rings (SSSR count). The Kier molecular flexibility index (Phi) is 4.18. The van der Waals surface area contributed by atoms with Crippen LogP contribution in [0.15, 0.2) is 47.6 Å². The van der Waals surface area contributed by atoms with Gasteiger partial charge in [-0.25, -0.2) is 0 Å². The molecule has 0 N–H and O–H groups in total. The van der Waals surface area contributed by atoms with Gasteiger partial charge in [-0.15, -0.1) is 0 Å². The number of rotatable bonds is 1. The number of hydrogen-bond acceptors (Lipinski definition) is 3. The summed E-state index contributed by atoms with van der Waals surface area (Å²) >= 11 is 12.3. The van der Waals surface area contributed by atoms with E-state index in [0.29, 0.717) is 11.4 Å². The molecule has 2 aromatic carbocycles. The second-order valence-corrected chi connectivity index (χ2v) is 8.78. The molecule has 6 heteroatoms. The van der Waals surface area contributed by atoms with Crippen LogP contribution in [0.1, 0.15) is 31.7 Å². The van der Waals surface area contributed by atoms with Crippen LogP contribution in [-0.4, -0.2) is 24.2 Å². The number of piperidine rings is 1. The third kappa shape index (κ3) is 2.51. The van der Waals surface area contributed by atoms with Gasteiger partial charge in [-0.3, -0.25) is 4.79 Å². The molecule has 3 heterocycles. The van der Waals surface area contributed by atoms with E-state index < -0.39 is 5.41 Å². The summed E-state index contributed by atoms with van der Waals surface area (Å²) in [6.07, 6.45) is 3.90. The number of carbonyl (C=O) groups is 1. The number of fused-ring (bicyclic) bond motifs is 4. The minimum atomic E-state index is -0.624. The molecule has 0 aromatic heterocycles. The van der Waals surface area contributed by atoms with E-state index in [1.54, 1.807) is 17.1 Å². The van der Waals surface area contributed by atoms with Crippen LogP contribution < -0.4 is 9.91 Å². The summed E-state index contributed by atoms with van der Waals surface area (Å²) in [6.45, 7) is 2.95. The Hall–Kier alpha value is -2.04. The Bertz CT molecular complexity index is 988. The van der Waals surface area contributed by atoms with Gasteiger partial charge in [-0.2, -0.15) is 10.1 Å². The lowest BCUT2D eigenvalue weighted by atomic mass is 9.66. The smallest absolute Gasteiger partial charge is 0.261 e. The Labute approximate surface area is 174 Å². The SMILES string of the molecule is CC1=NN(c2ccc(Cl)cc2)C(=O)[C@@]12Cc1ccc(Cl)cc1N1CCCC[C@@H]12. The fourth-order valence-electron chi connectivity index (χ4n) is 5.08. The van der Waals surface area contributed by atoms with Crippen LogP contribution in [0.3, 0.4) is 0 Å². The van der Waals surface area contributed by atoms with Gasteiger partial charge in [0.1, 0.15) is 5.41 Å². The van der Waals surface area contributed by atoms with Crippen molar-refractivity contribution in [3.63, 3.8) is 0 Å². The molecule has 1 saturated heterocycles. The standard InChI is InChI=1S/C22H21Cl2N3O/c1-14-22(21(28)27(25-14)18-9-7-16(23)8-10-18)13-15-5-6-17(24)12-19(15)26-11-3-2-4-20(22)26/h5-10,12,20H,2-4,11,13H2,1H3/t20-,22+/m1/s1. The molecule has 0 radical (unpaired) electrons. The largest absolute Gasteiger partial charge is 0.367 e. The zero-order valence-corrected chi connectivity index (χ0v) is 17.2. The third-order valence-electron chi connectivity index (χ3n) is 6.44. The number of carbonyl (C=O) groups excluding carboxylic acids is 1. The van der Waals surface area contributed by atoms with Crippen LogP contribution in [0.4, 0.5) is 11.4 Å². The molecule has 0 saturated carbocycles. The van der Waals surface area contributed by atoms with E-state index in [1.165, 1.54) is 11.3 Å². The first kappa shape index (κ1) is 18.0. The molecule has 1 spiro atoms.